The Morgan fingerprint density at radius 3 is 2.33 bits per heavy atom. The number of hydrogen-bond donors (Lipinski definition) is 2. The Kier molecular flexibility index (Phi) is 6.90. The summed E-state index contributed by atoms with van der Waals surface area (Å²) in [6.45, 7) is 2.76. The van der Waals surface area contributed by atoms with Crippen LogP contribution >= 0.6 is 0 Å². The fraction of sp³-hybridized carbons (Fsp3) is 0.318. The van der Waals surface area contributed by atoms with Crippen molar-refractivity contribution in [2.75, 3.05) is 24.7 Å². The largest absolute Gasteiger partial charge is 0.494 e. The number of ether oxygens (including phenoxy) is 2. The molecule has 2 aromatic rings. The molecule has 2 aromatic carbocycles. The lowest BCUT2D eigenvalue weighted by Crippen LogP contribution is -2.32. The second-order valence-electron chi connectivity index (χ2n) is 6.88. The summed E-state index contributed by atoms with van der Waals surface area (Å²) >= 11 is 0. The summed E-state index contributed by atoms with van der Waals surface area (Å²) in [6, 6.07) is 14.1. The van der Waals surface area contributed by atoms with Crippen LogP contribution in [0.15, 0.2) is 48.5 Å². The van der Waals surface area contributed by atoms with E-state index >= 15 is 0 Å². The number of amides is 2. The molecule has 8 heteroatoms. The minimum Gasteiger partial charge on any atom is -0.494 e. The molecular weight excluding hydrogens is 388 g/mol. The summed E-state index contributed by atoms with van der Waals surface area (Å²) in [4.78, 5) is 37.0. The molecule has 1 atom stereocenters. The summed E-state index contributed by atoms with van der Waals surface area (Å²) in [5.74, 6) is -0.603. The van der Waals surface area contributed by atoms with E-state index in [1.807, 2.05) is 31.2 Å². The van der Waals surface area contributed by atoms with Gasteiger partial charge in [0.1, 0.15) is 11.5 Å². The van der Waals surface area contributed by atoms with Gasteiger partial charge in [-0.05, 0) is 48.9 Å². The highest BCUT2D eigenvalue weighted by Crippen LogP contribution is 2.27. The van der Waals surface area contributed by atoms with Crippen LogP contribution in [-0.2, 0) is 20.9 Å². The maximum atomic E-state index is 12.5. The quantitative estimate of drug-likeness (QED) is 0.654. The molecule has 1 unspecified atom stereocenters. The molecule has 0 aromatic heterocycles. The molecule has 1 aliphatic heterocycles. The number of carbonyl (C=O) groups excluding carboxylic acids is 2. The normalized spacial score (nSPS) is 15.7. The summed E-state index contributed by atoms with van der Waals surface area (Å²) in [7, 11) is 0. The lowest BCUT2D eigenvalue weighted by atomic mass is 10.1. The Bertz CT molecular complexity index is 895. The number of rotatable bonds is 9. The number of carbonyl (C=O) groups is 3. The Labute approximate surface area is 174 Å². The lowest BCUT2D eigenvalue weighted by molar-refractivity contribution is -0.139. The van der Waals surface area contributed by atoms with E-state index in [1.165, 1.54) is 0 Å². The highest BCUT2D eigenvalue weighted by atomic mass is 16.5. The zero-order valence-electron chi connectivity index (χ0n) is 16.7. The average Bonchev–Trinajstić information content (AvgIpc) is 3.14. The van der Waals surface area contributed by atoms with Crippen LogP contribution in [0.5, 0.6) is 11.5 Å². The van der Waals surface area contributed by atoms with Gasteiger partial charge in [-0.3, -0.25) is 9.59 Å². The van der Waals surface area contributed by atoms with Crippen LogP contribution in [0.1, 0.15) is 18.9 Å². The first-order valence-corrected chi connectivity index (χ1v) is 9.70. The van der Waals surface area contributed by atoms with Gasteiger partial charge in [0, 0.05) is 25.2 Å². The number of anilines is 1. The number of hydrogen-bond acceptors (Lipinski definition) is 5. The van der Waals surface area contributed by atoms with Crippen molar-refractivity contribution in [1.29, 1.82) is 0 Å². The zero-order chi connectivity index (χ0) is 21.5. The van der Waals surface area contributed by atoms with Gasteiger partial charge in [-0.25, -0.2) is 4.79 Å². The van der Waals surface area contributed by atoms with Crippen molar-refractivity contribution < 1.29 is 29.0 Å². The molecule has 0 aliphatic carbocycles. The SMILES string of the molecule is CCOc1ccc(CNC(=O)C2CC(=O)N(c3ccc(OCC(=O)O)cc3)C2)cc1. The Morgan fingerprint density at radius 2 is 1.70 bits per heavy atom. The molecule has 30 heavy (non-hydrogen) atoms. The Morgan fingerprint density at radius 1 is 1.07 bits per heavy atom. The molecule has 2 N–H and O–H groups in total. The van der Waals surface area contributed by atoms with Gasteiger partial charge in [-0.1, -0.05) is 12.1 Å². The van der Waals surface area contributed by atoms with Crippen molar-refractivity contribution in [3.05, 3.63) is 54.1 Å². The molecule has 2 amide bonds. The van der Waals surface area contributed by atoms with Crippen molar-refractivity contribution in [2.45, 2.75) is 19.9 Å². The monoisotopic (exact) mass is 412 g/mol. The fourth-order valence-electron chi connectivity index (χ4n) is 3.20. The van der Waals surface area contributed by atoms with Crippen LogP contribution in [0.25, 0.3) is 0 Å². The van der Waals surface area contributed by atoms with Gasteiger partial charge >= 0.3 is 5.97 Å². The Hall–Kier alpha value is -3.55. The van der Waals surface area contributed by atoms with Crippen LogP contribution in [0.4, 0.5) is 5.69 Å². The third-order valence-corrected chi connectivity index (χ3v) is 4.71. The second kappa shape index (κ2) is 9.78. The smallest absolute Gasteiger partial charge is 0.341 e. The summed E-state index contributed by atoms with van der Waals surface area (Å²) < 4.78 is 10.5. The van der Waals surface area contributed by atoms with Crippen LogP contribution < -0.4 is 19.7 Å². The van der Waals surface area contributed by atoms with Gasteiger partial charge in [-0.15, -0.1) is 0 Å². The third kappa shape index (κ3) is 5.50. The fourth-order valence-corrected chi connectivity index (χ4v) is 3.20. The van der Waals surface area contributed by atoms with E-state index in [-0.39, 0.29) is 18.2 Å². The van der Waals surface area contributed by atoms with Gasteiger partial charge in [0.25, 0.3) is 0 Å². The van der Waals surface area contributed by atoms with E-state index in [9.17, 15) is 14.4 Å². The number of carboxylic acids is 1. The van der Waals surface area contributed by atoms with E-state index in [0.717, 1.165) is 11.3 Å². The predicted octanol–water partition coefficient (Wildman–Crippen LogP) is 2.22. The molecule has 1 heterocycles. The first-order valence-electron chi connectivity index (χ1n) is 9.70. The maximum absolute atomic E-state index is 12.5. The molecule has 0 saturated carbocycles. The predicted molar refractivity (Wildman–Crippen MR) is 109 cm³/mol. The molecule has 0 radical (unpaired) electrons. The summed E-state index contributed by atoms with van der Waals surface area (Å²) in [6.07, 6.45) is 0.145. The molecule has 1 aliphatic rings. The molecule has 8 nitrogen and oxygen atoms in total. The highest BCUT2D eigenvalue weighted by Gasteiger charge is 2.35. The first-order chi connectivity index (χ1) is 14.5. The summed E-state index contributed by atoms with van der Waals surface area (Å²) in [5, 5.41) is 11.5. The topological polar surface area (TPSA) is 105 Å². The second-order valence-corrected chi connectivity index (χ2v) is 6.88. The Balaban J connectivity index is 1.53. The van der Waals surface area contributed by atoms with E-state index in [1.54, 1.807) is 29.2 Å². The molecule has 3 rings (SSSR count). The van der Waals surface area contributed by atoms with Crippen molar-refractivity contribution in [1.82, 2.24) is 5.32 Å². The van der Waals surface area contributed by atoms with Gasteiger partial charge in [0.05, 0.1) is 12.5 Å². The maximum Gasteiger partial charge on any atom is 0.341 e. The number of nitrogens with zero attached hydrogens (tertiary/aromatic N) is 1. The molecule has 0 spiro atoms. The van der Waals surface area contributed by atoms with E-state index in [0.29, 0.717) is 31.1 Å². The summed E-state index contributed by atoms with van der Waals surface area (Å²) in [5.41, 5.74) is 1.59. The number of aliphatic carboxylic acids is 1. The van der Waals surface area contributed by atoms with Crippen molar-refractivity contribution >= 4 is 23.5 Å². The number of carboxylic acid groups (broad SMARTS) is 1. The first kappa shape index (κ1) is 21.2. The number of benzene rings is 2. The van der Waals surface area contributed by atoms with Crippen LogP contribution in [0.2, 0.25) is 0 Å². The molecule has 158 valence electrons. The van der Waals surface area contributed by atoms with Crippen LogP contribution in [-0.4, -0.2) is 42.6 Å². The zero-order valence-corrected chi connectivity index (χ0v) is 16.7. The van der Waals surface area contributed by atoms with E-state index in [2.05, 4.69) is 5.32 Å². The van der Waals surface area contributed by atoms with Gasteiger partial charge in [0.2, 0.25) is 11.8 Å². The van der Waals surface area contributed by atoms with Gasteiger partial charge < -0.3 is 24.8 Å². The minimum atomic E-state index is -1.06. The van der Waals surface area contributed by atoms with E-state index in [4.69, 9.17) is 14.6 Å². The molecule has 0 bridgehead atoms. The van der Waals surface area contributed by atoms with Crippen molar-refractivity contribution in [2.24, 2.45) is 5.92 Å². The molecular formula is C22H24N2O6. The van der Waals surface area contributed by atoms with Gasteiger partial charge in [0.15, 0.2) is 6.61 Å². The van der Waals surface area contributed by atoms with Crippen LogP contribution in [0.3, 0.4) is 0 Å². The lowest BCUT2D eigenvalue weighted by Gasteiger charge is -2.17. The van der Waals surface area contributed by atoms with Crippen LogP contribution in [0, 0.1) is 5.92 Å². The van der Waals surface area contributed by atoms with Crippen molar-refractivity contribution in [3.8, 4) is 11.5 Å². The highest BCUT2D eigenvalue weighted by molar-refractivity contribution is 6.00. The number of nitrogens with one attached hydrogen (secondary N) is 1. The molecule has 1 fully saturated rings. The van der Waals surface area contributed by atoms with Gasteiger partial charge in [-0.2, -0.15) is 0 Å². The van der Waals surface area contributed by atoms with Crippen molar-refractivity contribution in [3.63, 3.8) is 0 Å². The molecule has 1 saturated heterocycles. The average molecular weight is 412 g/mol. The minimum absolute atomic E-state index is 0.129. The van der Waals surface area contributed by atoms with E-state index < -0.39 is 18.5 Å². The third-order valence-electron chi connectivity index (χ3n) is 4.71. The standard InChI is InChI=1S/C22H24N2O6/c1-2-29-18-7-3-15(4-8-18)12-23-22(28)16-11-20(25)24(13-16)17-5-9-19(10-6-17)30-14-21(26)27/h3-10,16H,2,11-14H2,1H3,(H,23,28)(H,26,27).